The van der Waals surface area contributed by atoms with Crippen molar-refractivity contribution in [1.29, 1.82) is 0 Å². The van der Waals surface area contributed by atoms with E-state index >= 15 is 0 Å². The van der Waals surface area contributed by atoms with E-state index in [0.717, 1.165) is 5.56 Å². The Kier molecular flexibility index (Phi) is 6.99. The number of H-pyrrole nitrogens is 1. The van der Waals surface area contributed by atoms with Gasteiger partial charge in [-0.1, -0.05) is 30.3 Å². The highest BCUT2D eigenvalue weighted by Gasteiger charge is 2.41. The highest BCUT2D eigenvalue weighted by molar-refractivity contribution is 7.89. The number of ether oxygens (including phenoxy) is 1. The second-order valence-electron chi connectivity index (χ2n) is 6.17. The molecule has 3 N–H and O–H groups in total. The second kappa shape index (κ2) is 8.83. The summed E-state index contributed by atoms with van der Waals surface area (Å²) in [5.41, 5.74) is 6.86. The average molecular weight is 415 g/mol. The third-order valence-electron chi connectivity index (χ3n) is 4.64. The van der Waals surface area contributed by atoms with Gasteiger partial charge in [0, 0.05) is 19.0 Å². The molecule has 148 valence electrons. The molecule has 2 heterocycles. The average Bonchev–Trinajstić information content (AvgIpc) is 3.30. The lowest BCUT2D eigenvalue weighted by Crippen LogP contribution is -2.31. The minimum absolute atomic E-state index is 0. The molecule has 1 aromatic heterocycles. The number of nitrogens with two attached hydrogens (primary N) is 1. The lowest BCUT2D eigenvalue weighted by Gasteiger charge is -2.16. The molecule has 0 bridgehead atoms. The van der Waals surface area contributed by atoms with Gasteiger partial charge in [-0.25, -0.2) is 13.2 Å². The summed E-state index contributed by atoms with van der Waals surface area (Å²) >= 11 is 0. The number of esters is 1. The lowest BCUT2D eigenvalue weighted by atomic mass is 9.89. The number of aromatic amines is 1. The van der Waals surface area contributed by atoms with E-state index in [2.05, 4.69) is 10.2 Å². The van der Waals surface area contributed by atoms with Gasteiger partial charge in [-0.05, 0) is 24.9 Å². The first-order chi connectivity index (χ1) is 12.5. The van der Waals surface area contributed by atoms with E-state index in [0.29, 0.717) is 19.6 Å². The number of benzene rings is 1. The minimum atomic E-state index is -3.91. The van der Waals surface area contributed by atoms with Crippen molar-refractivity contribution < 1.29 is 17.9 Å². The van der Waals surface area contributed by atoms with Crippen LogP contribution in [-0.4, -0.2) is 55.1 Å². The fourth-order valence-electron chi connectivity index (χ4n) is 3.30. The Balaban J connectivity index is 0.00000261. The van der Waals surface area contributed by atoms with Crippen molar-refractivity contribution in [3.63, 3.8) is 0 Å². The lowest BCUT2D eigenvalue weighted by molar-refractivity contribution is 0.0521. The highest BCUT2D eigenvalue weighted by Crippen LogP contribution is 2.35. The van der Waals surface area contributed by atoms with Crippen molar-refractivity contribution >= 4 is 28.4 Å². The molecule has 0 aliphatic carbocycles. The van der Waals surface area contributed by atoms with E-state index in [1.807, 2.05) is 30.3 Å². The van der Waals surface area contributed by atoms with Crippen LogP contribution < -0.4 is 5.73 Å². The van der Waals surface area contributed by atoms with Crippen LogP contribution in [0.15, 0.2) is 41.6 Å². The van der Waals surface area contributed by atoms with Crippen LogP contribution in [0.1, 0.15) is 28.8 Å². The topological polar surface area (TPSA) is 118 Å². The molecule has 2 atom stereocenters. The molecule has 0 radical (unpaired) electrons. The van der Waals surface area contributed by atoms with Crippen LogP contribution >= 0.6 is 12.4 Å². The largest absolute Gasteiger partial charge is 0.462 e. The molecule has 3 rings (SSSR count). The van der Waals surface area contributed by atoms with Crippen LogP contribution in [-0.2, 0) is 14.8 Å². The Morgan fingerprint density at radius 3 is 2.67 bits per heavy atom. The van der Waals surface area contributed by atoms with Gasteiger partial charge in [0.25, 0.3) is 10.0 Å². The molecule has 1 fully saturated rings. The molecule has 0 amide bonds. The molecule has 0 saturated carbocycles. The summed E-state index contributed by atoms with van der Waals surface area (Å²) in [4.78, 5) is 12.0. The second-order valence-corrected chi connectivity index (χ2v) is 8.04. The van der Waals surface area contributed by atoms with Gasteiger partial charge in [-0.2, -0.15) is 9.40 Å². The van der Waals surface area contributed by atoms with Crippen molar-refractivity contribution in [3.05, 3.63) is 47.7 Å². The molecule has 0 spiro atoms. The van der Waals surface area contributed by atoms with Crippen molar-refractivity contribution in [1.82, 2.24) is 14.5 Å². The number of carbonyl (C=O) groups excluding carboxylic acids is 1. The summed E-state index contributed by atoms with van der Waals surface area (Å²) in [5, 5.41) is 5.93. The molecule has 10 heteroatoms. The van der Waals surface area contributed by atoms with Gasteiger partial charge in [0.1, 0.15) is 5.56 Å². The number of rotatable bonds is 6. The monoisotopic (exact) mass is 414 g/mol. The number of aromatic nitrogens is 2. The van der Waals surface area contributed by atoms with Crippen LogP contribution in [0.25, 0.3) is 0 Å². The molecular formula is C17H23ClN4O4S. The molecule has 1 aromatic carbocycles. The first kappa shape index (κ1) is 21.4. The van der Waals surface area contributed by atoms with Crippen LogP contribution in [0.4, 0.5) is 0 Å². The standard InChI is InChI=1S/C17H22N4O4S.ClH/c1-2-25-17(22)14-9-19-20-16(14)26(23,24)21-10-13(8-18)15(11-21)12-6-4-3-5-7-12;/h3-7,9,13,15H,2,8,10-11,18H2,1H3,(H,19,20);1H/t13-,15+;/m1./s1. The fourth-order valence-corrected chi connectivity index (χ4v) is 4.88. The Hall–Kier alpha value is -1.94. The Bertz CT molecular complexity index is 872. The molecule has 2 aromatic rings. The number of hydrogen-bond donors (Lipinski definition) is 2. The van der Waals surface area contributed by atoms with Crippen LogP contribution in [0.2, 0.25) is 0 Å². The molecule has 1 saturated heterocycles. The summed E-state index contributed by atoms with van der Waals surface area (Å²) in [6.07, 6.45) is 1.18. The Labute approximate surface area is 164 Å². The normalized spacial score (nSPS) is 20.2. The molecule has 1 aliphatic heterocycles. The summed E-state index contributed by atoms with van der Waals surface area (Å²) in [7, 11) is -3.91. The van der Waals surface area contributed by atoms with E-state index in [-0.39, 0.29) is 41.4 Å². The quantitative estimate of drug-likeness (QED) is 0.689. The summed E-state index contributed by atoms with van der Waals surface area (Å²) < 4.78 is 32.4. The van der Waals surface area contributed by atoms with Crippen molar-refractivity contribution in [3.8, 4) is 0 Å². The van der Waals surface area contributed by atoms with Crippen molar-refractivity contribution in [2.75, 3.05) is 26.2 Å². The van der Waals surface area contributed by atoms with Crippen molar-refractivity contribution in [2.45, 2.75) is 17.9 Å². The number of nitrogens with zero attached hydrogens (tertiary/aromatic N) is 2. The van der Waals surface area contributed by atoms with E-state index in [9.17, 15) is 13.2 Å². The number of sulfonamides is 1. The SMILES string of the molecule is CCOC(=O)c1cn[nH]c1S(=O)(=O)N1C[C@@H](CN)[C@H](c2ccccc2)C1.Cl. The van der Waals surface area contributed by atoms with Gasteiger partial charge >= 0.3 is 5.97 Å². The first-order valence-electron chi connectivity index (χ1n) is 8.44. The number of carbonyl (C=O) groups is 1. The van der Waals surface area contributed by atoms with E-state index in [1.165, 1.54) is 10.5 Å². The van der Waals surface area contributed by atoms with Gasteiger partial charge in [0.15, 0.2) is 5.03 Å². The van der Waals surface area contributed by atoms with Crippen LogP contribution in [0.5, 0.6) is 0 Å². The third kappa shape index (κ3) is 4.16. The van der Waals surface area contributed by atoms with Gasteiger partial charge in [-0.15, -0.1) is 12.4 Å². The number of halogens is 1. The third-order valence-corrected chi connectivity index (χ3v) is 6.44. The van der Waals surface area contributed by atoms with Crippen molar-refractivity contribution in [2.24, 2.45) is 11.7 Å². The zero-order valence-electron chi connectivity index (χ0n) is 14.9. The van der Waals surface area contributed by atoms with Gasteiger partial charge < -0.3 is 10.5 Å². The Morgan fingerprint density at radius 2 is 2.04 bits per heavy atom. The molecule has 1 aliphatic rings. The van der Waals surface area contributed by atoms with E-state index in [1.54, 1.807) is 6.92 Å². The molecule has 8 nitrogen and oxygen atoms in total. The van der Waals surface area contributed by atoms with Gasteiger partial charge in [0.05, 0.1) is 12.8 Å². The molecular weight excluding hydrogens is 392 g/mol. The zero-order chi connectivity index (χ0) is 18.7. The summed E-state index contributed by atoms with van der Waals surface area (Å²) in [5.74, 6) is -0.708. The summed E-state index contributed by atoms with van der Waals surface area (Å²) in [6.45, 7) is 2.77. The van der Waals surface area contributed by atoms with Crippen LogP contribution in [0, 0.1) is 5.92 Å². The maximum atomic E-state index is 13.1. The van der Waals surface area contributed by atoms with Gasteiger partial charge in [-0.3, -0.25) is 5.10 Å². The molecule has 0 unspecified atom stereocenters. The molecule has 27 heavy (non-hydrogen) atoms. The Morgan fingerprint density at radius 1 is 1.33 bits per heavy atom. The maximum Gasteiger partial charge on any atom is 0.342 e. The van der Waals surface area contributed by atoms with E-state index < -0.39 is 16.0 Å². The van der Waals surface area contributed by atoms with Gasteiger partial charge in [0.2, 0.25) is 0 Å². The number of hydrogen-bond acceptors (Lipinski definition) is 6. The fraction of sp³-hybridized carbons (Fsp3) is 0.412. The first-order valence-corrected chi connectivity index (χ1v) is 9.88. The number of nitrogens with one attached hydrogen (secondary N) is 1. The van der Waals surface area contributed by atoms with E-state index in [4.69, 9.17) is 10.5 Å². The summed E-state index contributed by atoms with van der Waals surface area (Å²) in [6, 6.07) is 9.72. The predicted molar refractivity (Wildman–Crippen MR) is 102 cm³/mol. The van der Waals surface area contributed by atoms with Crippen LogP contribution in [0.3, 0.4) is 0 Å². The zero-order valence-corrected chi connectivity index (χ0v) is 16.5. The maximum absolute atomic E-state index is 13.1. The predicted octanol–water partition coefficient (Wildman–Crippen LogP) is 1.37. The minimum Gasteiger partial charge on any atom is -0.462 e. The smallest absolute Gasteiger partial charge is 0.342 e. The highest BCUT2D eigenvalue weighted by atomic mass is 35.5.